The van der Waals surface area contributed by atoms with Gasteiger partial charge in [0.1, 0.15) is 5.75 Å². The number of esters is 1. The zero-order valence-corrected chi connectivity index (χ0v) is 20.1. The number of hydrogen-bond acceptors (Lipinski definition) is 7. The van der Waals surface area contributed by atoms with Gasteiger partial charge in [-0.05, 0) is 49.4 Å². The number of methoxy groups -OCH3 is 1. The van der Waals surface area contributed by atoms with Crippen LogP contribution in [0.5, 0.6) is 5.75 Å². The van der Waals surface area contributed by atoms with Crippen LogP contribution in [0.2, 0.25) is 0 Å². The van der Waals surface area contributed by atoms with Crippen molar-refractivity contribution >= 4 is 22.9 Å². The monoisotopic (exact) mass is 486 g/mol. The van der Waals surface area contributed by atoms with Crippen molar-refractivity contribution in [2.24, 2.45) is 0 Å². The van der Waals surface area contributed by atoms with Gasteiger partial charge in [0.05, 0.1) is 48.3 Å². The highest BCUT2D eigenvalue weighted by molar-refractivity contribution is 6.05. The molecule has 1 aliphatic heterocycles. The van der Waals surface area contributed by atoms with Gasteiger partial charge in [-0.15, -0.1) is 0 Å². The fourth-order valence-corrected chi connectivity index (χ4v) is 4.22. The summed E-state index contributed by atoms with van der Waals surface area (Å²) in [5.41, 5.74) is 3.66. The van der Waals surface area contributed by atoms with Crippen LogP contribution < -0.4 is 4.74 Å². The van der Waals surface area contributed by atoms with E-state index in [0.29, 0.717) is 60.0 Å². The molecule has 4 aromatic rings. The number of fused-ring (bicyclic) bond motifs is 1. The van der Waals surface area contributed by atoms with Gasteiger partial charge in [0.2, 0.25) is 0 Å². The van der Waals surface area contributed by atoms with E-state index in [9.17, 15) is 9.59 Å². The standard InChI is InChI=1S/C27H26N4O5/c1-18-25-22(27(33)36-17-24(32)30-12-14-35-15-13-30)16-23(19-8-10-21(34-2)11-9-19)28-26(25)31(29-18)20-6-4-3-5-7-20/h3-11,16H,12-15,17H2,1-2H3. The van der Waals surface area contributed by atoms with E-state index in [-0.39, 0.29) is 12.5 Å². The molecule has 3 heterocycles. The minimum Gasteiger partial charge on any atom is -0.497 e. The Morgan fingerprint density at radius 1 is 1.03 bits per heavy atom. The smallest absolute Gasteiger partial charge is 0.339 e. The number of nitrogens with zero attached hydrogens (tertiary/aromatic N) is 4. The van der Waals surface area contributed by atoms with E-state index in [1.54, 1.807) is 22.8 Å². The van der Waals surface area contributed by atoms with E-state index in [1.807, 2.05) is 61.5 Å². The van der Waals surface area contributed by atoms with Crippen LogP contribution in [0.25, 0.3) is 28.0 Å². The zero-order valence-electron chi connectivity index (χ0n) is 20.1. The van der Waals surface area contributed by atoms with E-state index in [0.717, 1.165) is 11.3 Å². The summed E-state index contributed by atoms with van der Waals surface area (Å²) >= 11 is 0. The Hall–Kier alpha value is -4.24. The summed E-state index contributed by atoms with van der Waals surface area (Å²) in [5, 5.41) is 5.25. The van der Waals surface area contributed by atoms with Crippen LogP contribution in [0.1, 0.15) is 16.1 Å². The molecule has 0 bridgehead atoms. The first kappa shape index (κ1) is 23.5. The number of ether oxygens (including phenoxy) is 3. The number of rotatable bonds is 6. The molecule has 9 heteroatoms. The molecule has 0 radical (unpaired) electrons. The van der Waals surface area contributed by atoms with Gasteiger partial charge in [-0.3, -0.25) is 4.79 Å². The molecule has 0 atom stereocenters. The van der Waals surface area contributed by atoms with Crippen molar-refractivity contribution in [1.29, 1.82) is 0 Å². The van der Waals surface area contributed by atoms with Crippen molar-refractivity contribution in [2.75, 3.05) is 40.0 Å². The van der Waals surface area contributed by atoms with Gasteiger partial charge in [-0.1, -0.05) is 18.2 Å². The lowest BCUT2D eigenvalue weighted by Crippen LogP contribution is -2.42. The largest absolute Gasteiger partial charge is 0.497 e. The van der Waals surface area contributed by atoms with Crippen LogP contribution in [0, 0.1) is 6.92 Å². The summed E-state index contributed by atoms with van der Waals surface area (Å²) in [6.45, 7) is 3.42. The third-order valence-corrected chi connectivity index (χ3v) is 6.11. The van der Waals surface area contributed by atoms with E-state index in [2.05, 4.69) is 5.10 Å². The number of aromatic nitrogens is 3. The second-order valence-corrected chi connectivity index (χ2v) is 8.38. The third-order valence-electron chi connectivity index (χ3n) is 6.11. The summed E-state index contributed by atoms with van der Waals surface area (Å²) in [6.07, 6.45) is 0. The maximum absolute atomic E-state index is 13.3. The second kappa shape index (κ2) is 10.2. The number of pyridine rings is 1. The SMILES string of the molecule is COc1ccc(-c2cc(C(=O)OCC(=O)N3CCOCC3)c3c(C)nn(-c4ccccc4)c3n2)cc1. The van der Waals surface area contributed by atoms with Gasteiger partial charge < -0.3 is 19.1 Å². The van der Waals surface area contributed by atoms with Gasteiger partial charge >= 0.3 is 5.97 Å². The lowest BCUT2D eigenvalue weighted by molar-refractivity contribution is -0.138. The van der Waals surface area contributed by atoms with Crippen LogP contribution in [-0.2, 0) is 14.3 Å². The molecular weight excluding hydrogens is 460 g/mol. The maximum atomic E-state index is 13.3. The molecule has 2 aromatic heterocycles. The van der Waals surface area contributed by atoms with Gasteiger partial charge in [0.15, 0.2) is 12.3 Å². The van der Waals surface area contributed by atoms with Crippen molar-refractivity contribution in [3.8, 4) is 22.7 Å². The van der Waals surface area contributed by atoms with E-state index in [1.165, 1.54) is 0 Å². The molecule has 1 fully saturated rings. The number of morpholine rings is 1. The average molecular weight is 487 g/mol. The Bertz CT molecular complexity index is 1390. The predicted octanol–water partition coefficient (Wildman–Crippen LogP) is 3.42. The van der Waals surface area contributed by atoms with E-state index < -0.39 is 5.97 Å². The third kappa shape index (κ3) is 4.65. The molecular formula is C27H26N4O5. The molecule has 2 aromatic carbocycles. The van der Waals surface area contributed by atoms with Crippen molar-refractivity contribution in [2.45, 2.75) is 6.92 Å². The summed E-state index contributed by atoms with van der Waals surface area (Å²) in [7, 11) is 1.60. The molecule has 0 unspecified atom stereocenters. The number of para-hydroxylation sites is 1. The van der Waals surface area contributed by atoms with Gasteiger partial charge in [-0.25, -0.2) is 14.5 Å². The molecule has 0 spiro atoms. The Labute approximate surface area is 208 Å². The number of amides is 1. The van der Waals surface area contributed by atoms with Gasteiger partial charge in [0, 0.05) is 18.7 Å². The Morgan fingerprint density at radius 2 is 1.75 bits per heavy atom. The highest BCUT2D eigenvalue weighted by Gasteiger charge is 2.24. The number of hydrogen-bond donors (Lipinski definition) is 0. The summed E-state index contributed by atoms with van der Waals surface area (Å²) < 4.78 is 17.8. The molecule has 0 N–H and O–H groups in total. The second-order valence-electron chi connectivity index (χ2n) is 8.38. The highest BCUT2D eigenvalue weighted by Crippen LogP contribution is 2.30. The zero-order chi connectivity index (χ0) is 25.1. The predicted molar refractivity (Wildman–Crippen MR) is 133 cm³/mol. The Kier molecular flexibility index (Phi) is 6.64. The molecule has 1 amide bonds. The fraction of sp³-hybridized carbons (Fsp3) is 0.259. The topological polar surface area (TPSA) is 95.8 Å². The first-order valence-electron chi connectivity index (χ1n) is 11.7. The van der Waals surface area contributed by atoms with Crippen molar-refractivity contribution in [3.63, 3.8) is 0 Å². The molecule has 1 aliphatic rings. The molecule has 1 saturated heterocycles. The Balaban J connectivity index is 1.55. The lowest BCUT2D eigenvalue weighted by atomic mass is 10.1. The first-order chi connectivity index (χ1) is 17.5. The molecule has 0 saturated carbocycles. The van der Waals surface area contributed by atoms with Crippen molar-refractivity contribution in [1.82, 2.24) is 19.7 Å². The van der Waals surface area contributed by atoms with Gasteiger partial charge in [-0.2, -0.15) is 5.10 Å². The van der Waals surface area contributed by atoms with Crippen molar-refractivity contribution < 1.29 is 23.8 Å². The van der Waals surface area contributed by atoms with Crippen LogP contribution in [-0.4, -0.2) is 71.6 Å². The summed E-state index contributed by atoms with van der Waals surface area (Å²) in [5.74, 6) is -0.134. The van der Waals surface area contributed by atoms with Crippen LogP contribution in [0.3, 0.4) is 0 Å². The molecule has 36 heavy (non-hydrogen) atoms. The number of carbonyl (C=O) groups is 2. The van der Waals surface area contributed by atoms with Crippen LogP contribution in [0.4, 0.5) is 0 Å². The van der Waals surface area contributed by atoms with Crippen LogP contribution in [0.15, 0.2) is 60.7 Å². The number of carbonyl (C=O) groups excluding carboxylic acids is 2. The molecule has 9 nitrogen and oxygen atoms in total. The highest BCUT2D eigenvalue weighted by atomic mass is 16.5. The molecule has 5 rings (SSSR count). The van der Waals surface area contributed by atoms with Crippen LogP contribution >= 0.6 is 0 Å². The quantitative estimate of drug-likeness (QED) is 0.385. The lowest BCUT2D eigenvalue weighted by Gasteiger charge is -2.26. The van der Waals surface area contributed by atoms with Gasteiger partial charge in [0.25, 0.3) is 5.91 Å². The summed E-state index contributed by atoms with van der Waals surface area (Å²) in [6, 6.07) is 18.7. The minimum absolute atomic E-state index is 0.246. The molecule has 184 valence electrons. The maximum Gasteiger partial charge on any atom is 0.339 e. The summed E-state index contributed by atoms with van der Waals surface area (Å²) in [4.78, 5) is 32.4. The minimum atomic E-state index is -0.602. The average Bonchev–Trinajstić information content (AvgIpc) is 3.28. The Morgan fingerprint density at radius 3 is 2.44 bits per heavy atom. The first-order valence-corrected chi connectivity index (χ1v) is 11.7. The molecule has 0 aliphatic carbocycles. The van der Waals surface area contributed by atoms with E-state index in [4.69, 9.17) is 19.2 Å². The fourth-order valence-electron chi connectivity index (χ4n) is 4.22. The normalized spacial score (nSPS) is 13.6. The number of aryl methyl sites for hydroxylation is 1. The van der Waals surface area contributed by atoms with Crippen molar-refractivity contribution in [3.05, 3.63) is 71.9 Å². The van der Waals surface area contributed by atoms with E-state index >= 15 is 0 Å². The number of benzene rings is 2.